The number of rotatable bonds is 6. The van der Waals surface area contributed by atoms with Gasteiger partial charge in [0.1, 0.15) is 0 Å². The fraction of sp³-hybridized carbons (Fsp3) is 0.444. The minimum absolute atomic E-state index is 0.0207. The van der Waals surface area contributed by atoms with Crippen LogP contribution in [0.4, 0.5) is 5.69 Å². The Labute approximate surface area is 137 Å². The van der Waals surface area contributed by atoms with Crippen molar-refractivity contribution in [3.63, 3.8) is 0 Å². The van der Waals surface area contributed by atoms with Crippen molar-refractivity contribution >= 4 is 23.6 Å². The fourth-order valence-electron chi connectivity index (χ4n) is 2.85. The lowest BCUT2D eigenvalue weighted by Crippen LogP contribution is -2.50. The topological polar surface area (TPSA) is 67.4 Å². The Morgan fingerprint density at radius 2 is 1.87 bits per heavy atom. The van der Waals surface area contributed by atoms with Crippen LogP contribution in [0.3, 0.4) is 0 Å². The number of ether oxygens (including phenoxy) is 1. The summed E-state index contributed by atoms with van der Waals surface area (Å²) in [6.45, 7) is 2.13. The molecule has 1 aliphatic carbocycles. The molecule has 0 aromatic heterocycles. The van der Waals surface area contributed by atoms with E-state index in [1.165, 1.54) is 6.08 Å². The van der Waals surface area contributed by atoms with Crippen molar-refractivity contribution in [2.75, 3.05) is 19.0 Å². The summed E-state index contributed by atoms with van der Waals surface area (Å²) >= 11 is 0. The normalized spacial score (nSPS) is 16.4. The molecule has 124 valence electrons. The Balaban J connectivity index is 1.97. The first kappa shape index (κ1) is 17.2. The smallest absolute Gasteiger partial charge is 0.330 e. The van der Waals surface area contributed by atoms with Crippen LogP contribution in [0.1, 0.15) is 38.2 Å². The second kappa shape index (κ2) is 7.92. The molecule has 1 fully saturated rings. The molecule has 1 aliphatic rings. The molecular formula is C18H24N2O3. The van der Waals surface area contributed by atoms with Crippen molar-refractivity contribution < 1.29 is 14.3 Å². The van der Waals surface area contributed by atoms with Crippen molar-refractivity contribution in [3.8, 4) is 0 Å². The van der Waals surface area contributed by atoms with Crippen molar-refractivity contribution in [1.82, 2.24) is 5.32 Å². The van der Waals surface area contributed by atoms with Crippen LogP contribution in [0.5, 0.6) is 0 Å². The number of esters is 1. The summed E-state index contributed by atoms with van der Waals surface area (Å²) < 4.78 is 4.83. The van der Waals surface area contributed by atoms with Gasteiger partial charge in [-0.15, -0.1) is 0 Å². The first-order valence-corrected chi connectivity index (χ1v) is 8.05. The number of anilines is 1. The van der Waals surface area contributed by atoms with Gasteiger partial charge in [-0.2, -0.15) is 0 Å². The molecule has 0 atom stereocenters. The van der Waals surface area contributed by atoms with Gasteiger partial charge in [-0.1, -0.05) is 25.0 Å². The van der Waals surface area contributed by atoms with E-state index in [-0.39, 0.29) is 11.9 Å². The molecule has 0 heterocycles. The Kier molecular flexibility index (Phi) is 5.93. The third-order valence-electron chi connectivity index (χ3n) is 4.24. The summed E-state index contributed by atoms with van der Waals surface area (Å²) in [7, 11) is 1.84. The van der Waals surface area contributed by atoms with Gasteiger partial charge in [0.2, 0.25) is 5.91 Å². The summed E-state index contributed by atoms with van der Waals surface area (Å²) in [6, 6.07) is 7.38. The predicted molar refractivity (Wildman–Crippen MR) is 91.0 cm³/mol. The standard InChI is InChI=1S/C18H24N2O3/c1-3-23-16(21)11-8-14-6-9-15(10-7-14)20-17(22)18(19-2)12-4-5-13-18/h6-11,19H,3-5,12-13H2,1-2H3,(H,20,22)/b11-8+. The first-order chi connectivity index (χ1) is 11.1. The van der Waals surface area contributed by atoms with Crippen LogP contribution in [-0.4, -0.2) is 31.1 Å². The second-order valence-corrected chi connectivity index (χ2v) is 5.70. The first-order valence-electron chi connectivity index (χ1n) is 8.05. The third kappa shape index (κ3) is 4.42. The quantitative estimate of drug-likeness (QED) is 0.625. The lowest BCUT2D eigenvalue weighted by atomic mass is 9.96. The molecule has 1 aromatic carbocycles. The molecule has 23 heavy (non-hydrogen) atoms. The van der Waals surface area contributed by atoms with E-state index in [0.717, 1.165) is 36.9 Å². The van der Waals surface area contributed by atoms with Gasteiger partial charge >= 0.3 is 5.97 Å². The average Bonchev–Trinajstić information content (AvgIpc) is 3.05. The monoisotopic (exact) mass is 316 g/mol. The summed E-state index contributed by atoms with van der Waals surface area (Å²) in [4.78, 5) is 23.8. The summed E-state index contributed by atoms with van der Waals surface area (Å²) in [6.07, 6.45) is 6.98. The minimum atomic E-state index is -0.442. The molecule has 0 aliphatic heterocycles. The molecule has 5 nitrogen and oxygen atoms in total. The molecule has 0 unspecified atom stereocenters. The van der Waals surface area contributed by atoms with Crippen LogP contribution >= 0.6 is 0 Å². The van der Waals surface area contributed by atoms with Crippen LogP contribution in [-0.2, 0) is 14.3 Å². The summed E-state index contributed by atoms with van der Waals surface area (Å²) in [5, 5.41) is 6.15. The van der Waals surface area contributed by atoms with Crippen LogP contribution in [0, 0.1) is 0 Å². The van der Waals surface area contributed by atoms with Gasteiger partial charge in [0.25, 0.3) is 0 Å². The van der Waals surface area contributed by atoms with Gasteiger partial charge in [0, 0.05) is 11.8 Å². The van der Waals surface area contributed by atoms with Crippen LogP contribution in [0.25, 0.3) is 6.08 Å². The van der Waals surface area contributed by atoms with Gasteiger partial charge < -0.3 is 15.4 Å². The van der Waals surface area contributed by atoms with Gasteiger partial charge in [0.15, 0.2) is 0 Å². The van der Waals surface area contributed by atoms with E-state index >= 15 is 0 Å². The zero-order valence-corrected chi connectivity index (χ0v) is 13.7. The summed E-state index contributed by atoms with van der Waals surface area (Å²) in [5.41, 5.74) is 1.19. The van der Waals surface area contributed by atoms with Gasteiger partial charge in [0.05, 0.1) is 12.1 Å². The van der Waals surface area contributed by atoms with Crippen LogP contribution in [0.15, 0.2) is 30.3 Å². The number of nitrogens with one attached hydrogen (secondary N) is 2. The van der Waals surface area contributed by atoms with Gasteiger partial charge in [-0.3, -0.25) is 4.79 Å². The molecule has 1 aromatic rings. The van der Waals surface area contributed by atoms with E-state index in [4.69, 9.17) is 4.74 Å². The molecule has 2 rings (SSSR count). The number of carbonyl (C=O) groups excluding carboxylic acids is 2. The van der Waals surface area contributed by atoms with E-state index in [1.54, 1.807) is 13.0 Å². The van der Waals surface area contributed by atoms with E-state index in [2.05, 4.69) is 10.6 Å². The number of likely N-dealkylation sites (N-methyl/N-ethyl adjacent to an activating group) is 1. The number of amides is 1. The van der Waals surface area contributed by atoms with E-state index in [0.29, 0.717) is 6.61 Å². The van der Waals surface area contributed by atoms with Crippen molar-refractivity contribution in [2.45, 2.75) is 38.1 Å². The number of benzene rings is 1. The maximum Gasteiger partial charge on any atom is 0.330 e. The SMILES string of the molecule is CCOC(=O)/C=C/c1ccc(NC(=O)C2(NC)CCCC2)cc1. The highest BCUT2D eigenvalue weighted by Gasteiger charge is 2.39. The minimum Gasteiger partial charge on any atom is -0.463 e. The Morgan fingerprint density at radius 3 is 2.43 bits per heavy atom. The lowest BCUT2D eigenvalue weighted by Gasteiger charge is -2.27. The number of hydrogen-bond acceptors (Lipinski definition) is 4. The maximum atomic E-state index is 12.5. The highest BCUT2D eigenvalue weighted by atomic mass is 16.5. The molecule has 0 radical (unpaired) electrons. The molecule has 1 saturated carbocycles. The molecule has 0 saturated heterocycles. The number of carbonyl (C=O) groups is 2. The molecule has 2 N–H and O–H groups in total. The van der Waals surface area contributed by atoms with E-state index < -0.39 is 5.54 Å². The zero-order valence-electron chi connectivity index (χ0n) is 13.7. The van der Waals surface area contributed by atoms with Crippen LogP contribution in [0.2, 0.25) is 0 Å². The fourth-order valence-corrected chi connectivity index (χ4v) is 2.85. The molecule has 0 bridgehead atoms. The van der Waals surface area contributed by atoms with Gasteiger partial charge in [-0.25, -0.2) is 4.79 Å². The highest BCUT2D eigenvalue weighted by molar-refractivity contribution is 5.98. The molecule has 1 amide bonds. The van der Waals surface area contributed by atoms with E-state index in [1.807, 2.05) is 31.3 Å². The lowest BCUT2D eigenvalue weighted by molar-refractivity contribution is -0.137. The summed E-state index contributed by atoms with van der Waals surface area (Å²) in [5.74, 6) is -0.339. The predicted octanol–water partition coefficient (Wildman–Crippen LogP) is 2.73. The molecule has 0 spiro atoms. The van der Waals surface area contributed by atoms with Crippen molar-refractivity contribution in [1.29, 1.82) is 0 Å². The van der Waals surface area contributed by atoms with Gasteiger partial charge in [-0.05, 0) is 50.6 Å². The Bertz CT molecular complexity index is 572. The largest absolute Gasteiger partial charge is 0.463 e. The molecular weight excluding hydrogens is 292 g/mol. The average molecular weight is 316 g/mol. The number of hydrogen-bond donors (Lipinski definition) is 2. The zero-order chi connectivity index (χ0) is 16.7. The van der Waals surface area contributed by atoms with Crippen LogP contribution < -0.4 is 10.6 Å². The maximum absolute atomic E-state index is 12.5. The Hall–Kier alpha value is -2.14. The van der Waals surface area contributed by atoms with Crippen molar-refractivity contribution in [2.24, 2.45) is 0 Å². The Morgan fingerprint density at radius 1 is 1.22 bits per heavy atom. The second-order valence-electron chi connectivity index (χ2n) is 5.70. The third-order valence-corrected chi connectivity index (χ3v) is 4.24. The van der Waals surface area contributed by atoms with Crippen molar-refractivity contribution in [3.05, 3.63) is 35.9 Å². The molecule has 5 heteroatoms. The highest BCUT2D eigenvalue weighted by Crippen LogP contribution is 2.30. The van der Waals surface area contributed by atoms with E-state index in [9.17, 15) is 9.59 Å².